The zero-order valence-electron chi connectivity index (χ0n) is 17.2. The quantitative estimate of drug-likeness (QED) is 0.730. The van der Waals surface area contributed by atoms with Crippen molar-refractivity contribution >= 4 is 21.6 Å². The Morgan fingerprint density at radius 3 is 2.32 bits per heavy atom. The minimum Gasteiger partial charge on any atom is -0.495 e. The van der Waals surface area contributed by atoms with Crippen molar-refractivity contribution in [2.45, 2.75) is 52.0 Å². The van der Waals surface area contributed by atoms with Crippen LogP contribution in [0.5, 0.6) is 5.75 Å². The van der Waals surface area contributed by atoms with E-state index in [2.05, 4.69) is 16.1 Å². The predicted octanol–water partition coefficient (Wildman–Crippen LogP) is 4.01. The molecule has 1 amide bonds. The molecule has 7 heteroatoms. The topological polar surface area (TPSA) is 84.5 Å². The highest BCUT2D eigenvalue weighted by molar-refractivity contribution is 7.89. The number of methoxy groups -OCH3 is 1. The van der Waals surface area contributed by atoms with E-state index in [1.54, 1.807) is 6.92 Å². The monoisotopic (exact) mass is 404 g/mol. The molecule has 0 aliphatic carbocycles. The zero-order chi connectivity index (χ0) is 21.1. The van der Waals surface area contributed by atoms with Crippen LogP contribution in [0.4, 0.5) is 5.69 Å². The van der Waals surface area contributed by atoms with E-state index in [1.807, 2.05) is 33.8 Å². The molecule has 2 aromatic rings. The third-order valence-electron chi connectivity index (χ3n) is 4.76. The first-order valence-electron chi connectivity index (χ1n) is 9.17. The molecule has 0 fully saturated rings. The SMILES string of the molecule is CCC(=O)Nc1cc(S(=O)(=O)NC(C)c2cc(C)c(C)cc2C)ccc1OC. The summed E-state index contributed by atoms with van der Waals surface area (Å²) >= 11 is 0. The summed E-state index contributed by atoms with van der Waals surface area (Å²) in [5, 5.41) is 2.68. The Balaban J connectivity index is 2.35. The smallest absolute Gasteiger partial charge is 0.241 e. The molecule has 6 nitrogen and oxygen atoms in total. The van der Waals surface area contributed by atoms with Crippen LogP contribution < -0.4 is 14.8 Å². The third-order valence-corrected chi connectivity index (χ3v) is 6.30. The molecule has 2 N–H and O–H groups in total. The molecule has 1 unspecified atom stereocenters. The first-order chi connectivity index (χ1) is 13.1. The van der Waals surface area contributed by atoms with Crippen LogP contribution in [0.3, 0.4) is 0 Å². The fourth-order valence-corrected chi connectivity index (χ4v) is 4.25. The van der Waals surface area contributed by atoms with Crippen molar-refractivity contribution in [3.8, 4) is 5.75 Å². The Hall–Kier alpha value is -2.38. The van der Waals surface area contributed by atoms with Gasteiger partial charge < -0.3 is 10.1 Å². The van der Waals surface area contributed by atoms with Gasteiger partial charge in [0.05, 0.1) is 17.7 Å². The molecule has 0 radical (unpaired) electrons. The lowest BCUT2D eigenvalue weighted by Gasteiger charge is -2.19. The second-order valence-corrected chi connectivity index (χ2v) is 8.61. The first kappa shape index (κ1) is 21.9. The molecule has 0 spiro atoms. The Labute approximate surface area is 167 Å². The van der Waals surface area contributed by atoms with Crippen molar-refractivity contribution < 1.29 is 17.9 Å². The Morgan fingerprint density at radius 2 is 1.71 bits per heavy atom. The van der Waals surface area contributed by atoms with Gasteiger partial charge in [-0.05, 0) is 68.1 Å². The predicted molar refractivity (Wildman–Crippen MR) is 111 cm³/mol. The van der Waals surface area contributed by atoms with Gasteiger partial charge >= 0.3 is 0 Å². The normalized spacial score (nSPS) is 12.5. The molecule has 0 aromatic heterocycles. The third kappa shape index (κ3) is 4.91. The van der Waals surface area contributed by atoms with E-state index >= 15 is 0 Å². The molecule has 28 heavy (non-hydrogen) atoms. The van der Waals surface area contributed by atoms with E-state index in [0.717, 1.165) is 16.7 Å². The molecule has 0 heterocycles. The summed E-state index contributed by atoms with van der Waals surface area (Å²) in [7, 11) is -2.33. The fraction of sp³-hybridized carbons (Fsp3) is 0.381. The van der Waals surface area contributed by atoms with E-state index in [0.29, 0.717) is 11.4 Å². The van der Waals surface area contributed by atoms with Crippen LogP contribution >= 0.6 is 0 Å². The Morgan fingerprint density at radius 1 is 1.07 bits per heavy atom. The van der Waals surface area contributed by atoms with Crippen molar-refractivity contribution in [2.75, 3.05) is 12.4 Å². The molecular weight excluding hydrogens is 376 g/mol. The summed E-state index contributed by atoms with van der Waals surface area (Å²) in [5.41, 5.74) is 4.57. The van der Waals surface area contributed by atoms with Crippen LogP contribution in [-0.2, 0) is 14.8 Å². The minimum absolute atomic E-state index is 0.0630. The summed E-state index contributed by atoms with van der Waals surface area (Å²) in [6.07, 6.45) is 0.279. The maximum Gasteiger partial charge on any atom is 0.241 e. The van der Waals surface area contributed by atoms with Crippen LogP contribution in [0.2, 0.25) is 0 Å². The van der Waals surface area contributed by atoms with Crippen LogP contribution in [0.25, 0.3) is 0 Å². The van der Waals surface area contributed by atoms with E-state index in [9.17, 15) is 13.2 Å². The fourth-order valence-electron chi connectivity index (χ4n) is 3.00. The highest BCUT2D eigenvalue weighted by Crippen LogP contribution is 2.29. The number of carbonyl (C=O) groups is 1. The van der Waals surface area contributed by atoms with Gasteiger partial charge in [-0.3, -0.25) is 4.79 Å². The van der Waals surface area contributed by atoms with Gasteiger partial charge in [-0.15, -0.1) is 0 Å². The van der Waals surface area contributed by atoms with Crippen molar-refractivity contribution in [3.05, 3.63) is 52.6 Å². The van der Waals surface area contributed by atoms with Gasteiger partial charge in [-0.25, -0.2) is 13.1 Å². The molecule has 1 atom stereocenters. The lowest BCUT2D eigenvalue weighted by atomic mass is 9.97. The molecular formula is C21H28N2O4S. The van der Waals surface area contributed by atoms with Crippen molar-refractivity contribution in [3.63, 3.8) is 0 Å². The van der Waals surface area contributed by atoms with Crippen molar-refractivity contribution in [1.29, 1.82) is 0 Å². The van der Waals surface area contributed by atoms with Gasteiger partial charge in [0.2, 0.25) is 15.9 Å². The molecule has 0 saturated carbocycles. The lowest BCUT2D eigenvalue weighted by Crippen LogP contribution is -2.27. The van der Waals surface area contributed by atoms with Gasteiger partial charge in [0, 0.05) is 12.5 Å². The van der Waals surface area contributed by atoms with Gasteiger partial charge in [-0.1, -0.05) is 19.1 Å². The maximum atomic E-state index is 12.9. The number of anilines is 1. The van der Waals surface area contributed by atoms with E-state index < -0.39 is 16.1 Å². The number of ether oxygens (including phenoxy) is 1. The van der Waals surface area contributed by atoms with Crippen LogP contribution in [0.1, 0.15) is 48.6 Å². The number of carbonyl (C=O) groups excluding carboxylic acids is 1. The molecule has 0 aliphatic heterocycles. The number of nitrogens with one attached hydrogen (secondary N) is 2. The van der Waals surface area contributed by atoms with Gasteiger partial charge in [-0.2, -0.15) is 0 Å². The average molecular weight is 405 g/mol. The molecule has 2 rings (SSSR count). The molecule has 2 aromatic carbocycles. The van der Waals surface area contributed by atoms with Gasteiger partial charge in [0.1, 0.15) is 5.75 Å². The Bertz CT molecular complexity index is 984. The number of sulfonamides is 1. The average Bonchev–Trinajstić information content (AvgIpc) is 2.64. The highest BCUT2D eigenvalue weighted by atomic mass is 32.2. The second kappa shape index (κ2) is 8.75. The van der Waals surface area contributed by atoms with Gasteiger partial charge in [0.15, 0.2) is 0 Å². The molecule has 0 saturated heterocycles. The number of amides is 1. The molecule has 0 bridgehead atoms. The van der Waals surface area contributed by atoms with Crippen molar-refractivity contribution in [1.82, 2.24) is 4.72 Å². The summed E-state index contributed by atoms with van der Waals surface area (Å²) in [6.45, 7) is 9.55. The van der Waals surface area contributed by atoms with Crippen LogP contribution in [0.15, 0.2) is 35.2 Å². The second-order valence-electron chi connectivity index (χ2n) is 6.90. The summed E-state index contributed by atoms with van der Waals surface area (Å²) in [6, 6.07) is 8.07. The number of rotatable bonds is 7. The van der Waals surface area contributed by atoms with E-state index in [4.69, 9.17) is 4.74 Å². The molecule has 152 valence electrons. The number of benzene rings is 2. The van der Waals surface area contributed by atoms with E-state index in [-0.39, 0.29) is 17.2 Å². The standard InChI is InChI=1S/C21H28N2O4S/c1-7-21(24)22-19-12-17(8-9-20(19)27-6)28(25,26)23-16(5)18-11-14(3)13(2)10-15(18)4/h8-12,16,23H,7H2,1-6H3,(H,22,24). The van der Waals surface area contributed by atoms with E-state index in [1.165, 1.54) is 30.9 Å². The number of hydrogen-bond acceptors (Lipinski definition) is 4. The number of aryl methyl sites for hydroxylation is 3. The Kier molecular flexibility index (Phi) is 6.85. The lowest BCUT2D eigenvalue weighted by molar-refractivity contribution is -0.115. The maximum absolute atomic E-state index is 12.9. The van der Waals surface area contributed by atoms with Crippen LogP contribution in [0, 0.1) is 20.8 Å². The first-order valence-corrected chi connectivity index (χ1v) is 10.6. The minimum atomic E-state index is -3.79. The van der Waals surface area contributed by atoms with Crippen molar-refractivity contribution in [2.24, 2.45) is 0 Å². The molecule has 0 aliphatic rings. The largest absolute Gasteiger partial charge is 0.495 e. The zero-order valence-corrected chi connectivity index (χ0v) is 18.0. The summed E-state index contributed by atoms with van der Waals surface area (Å²) in [4.78, 5) is 11.8. The highest BCUT2D eigenvalue weighted by Gasteiger charge is 2.21. The van der Waals surface area contributed by atoms with Crippen LogP contribution in [-0.4, -0.2) is 21.4 Å². The van der Waals surface area contributed by atoms with Gasteiger partial charge in [0.25, 0.3) is 0 Å². The summed E-state index contributed by atoms with van der Waals surface area (Å²) in [5.74, 6) is 0.179. The number of hydrogen-bond donors (Lipinski definition) is 2. The summed E-state index contributed by atoms with van der Waals surface area (Å²) < 4.78 is 33.8.